The number of fused-ring (bicyclic) bond motifs is 1. The first-order chi connectivity index (χ1) is 13.9. The first-order valence-electron chi connectivity index (χ1n) is 9.17. The van der Waals surface area contributed by atoms with Crippen LogP contribution in [0.3, 0.4) is 0 Å². The Morgan fingerprint density at radius 2 is 1.79 bits per heavy atom. The van der Waals surface area contributed by atoms with Gasteiger partial charge in [-0.05, 0) is 31.0 Å². The number of nitrogens with one attached hydrogen (secondary N) is 2. The van der Waals surface area contributed by atoms with Gasteiger partial charge in [-0.25, -0.2) is 0 Å². The van der Waals surface area contributed by atoms with Gasteiger partial charge in [0, 0.05) is 30.6 Å². The van der Waals surface area contributed by atoms with E-state index in [0.29, 0.717) is 11.1 Å². The van der Waals surface area contributed by atoms with Crippen molar-refractivity contribution in [2.45, 2.75) is 34.1 Å². The highest BCUT2D eigenvalue weighted by Gasteiger charge is 2.13. The van der Waals surface area contributed by atoms with Gasteiger partial charge < -0.3 is 4.98 Å². The molecule has 0 aliphatic carbocycles. The third-order valence-electron chi connectivity index (χ3n) is 3.60. The van der Waals surface area contributed by atoms with Gasteiger partial charge in [0.25, 0.3) is 11.4 Å². The molecule has 9 heteroatoms. The van der Waals surface area contributed by atoms with Gasteiger partial charge in [0.15, 0.2) is 0 Å². The zero-order valence-corrected chi connectivity index (χ0v) is 16.9. The van der Waals surface area contributed by atoms with Crippen molar-refractivity contribution < 1.29 is 9.85 Å². The maximum absolute atomic E-state index is 10.7. The van der Waals surface area contributed by atoms with Crippen LogP contribution < -0.4 is 5.43 Å². The Morgan fingerprint density at radius 1 is 1.10 bits per heavy atom. The molecule has 0 amide bonds. The fourth-order valence-corrected chi connectivity index (χ4v) is 2.39. The van der Waals surface area contributed by atoms with Crippen LogP contribution in [0.15, 0.2) is 53.8 Å². The molecule has 2 aromatic carbocycles. The molecule has 0 aliphatic rings. The summed E-state index contributed by atoms with van der Waals surface area (Å²) in [7, 11) is 0. The molecule has 0 spiro atoms. The number of aromatic amines is 1. The van der Waals surface area contributed by atoms with Crippen molar-refractivity contribution in [3.05, 3.63) is 74.5 Å². The Bertz CT molecular complexity index is 982. The number of aromatic nitrogens is 1. The van der Waals surface area contributed by atoms with E-state index in [2.05, 4.69) is 15.5 Å². The van der Waals surface area contributed by atoms with Gasteiger partial charge in [-0.15, -0.1) is 0 Å². The van der Waals surface area contributed by atoms with E-state index in [1.807, 2.05) is 33.8 Å². The van der Waals surface area contributed by atoms with Crippen LogP contribution in [0.4, 0.5) is 17.1 Å². The molecular formula is C20H25N5O4. The van der Waals surface area contributed by atoms with E-state index in [1.165, 1.54) is 18.2 Å². The summed E-state index contributed by atoms with van der Waals surface area (Å²) in [5.41, 5.74) is 5.26. The zero-order valence-electron chi connectivity index (χ0n) is 16.9. The quantitative estimate of drug-likeness (QED) is 0.318. The number of non-ortho nitro benzene ring substituents is 2. The van der Waals surface area contributed by atoms with Crippen LogP contribution in [0.5, 0.6) is 0 Å². The van der Waals surface area contributed by atoms with Gasteiger partial charge in [-0.1, -0.05) is 32.9 Å². The Kier molecular flexibility index (Phi) is 9.52. The number of nitrogens with zero attached hydrogens (tertiary/aromatic N) is 3. The molecule has 0 unspecified atom stereocenters. The van der Waals surface area contributed by atoms with Gasteiger partial charge >= 0.3 is 0 Å². The summed E-state index contributed by atoms with van der Waals surface area (Å²) >= 11 is 0. The summed E-state index contributed by atoms with van der Waals surface area (Å²) < 4.78 is 0. The average Bonchev–Trinajstić information content (AvgIpc) is 3.11. The molecule has 29 heavy (non-hydrogen) atoms. The van der Waals surface area contributed by atoms with Crippen LogP contribution >= 0.6 is 0 Å². The molecule has 3 aromatic rings. The first-order valence-corrected chi connectivity index (χ1v) is 9.17. The molecular weight excluding hydrogens is 374 g/mol. The van der Waals surface area contributed by atoms with Gasteiger partial charge in [0.05, 0.1) is 26.4 Å². The summed E-state index contributed by atoms with van der Waals surface area (Å²) in [4.78, 5) is 23.3. The van der Waals surface area contributed by atoms with Crippen molar-refractivity contribution in [1.82, 2.24) is 4.98 Å². The molecule has 154 valence electrons. The number of hydrazone groups is 1. The highest BCUT2D eigenvalue weighted by atomic mass is 16.6. The minimum atomic E-state index is -0.436. The number of nitro groups is 2. The third kappa shape index (κ3) is 6.73. The maximum atomic E-state index is 10.7. The normalized spacial score (nSPS) is 9.93. The average molecular weight is 399 g/mol. The standard InChI is InChI=1S/C9H11N3O2.C9H8N2O2.C2H6/c1-2-6-10-11-8-4-3-5-9(7-8)12(13)14;1-6-5-10-7-3-2-4-8(9(6)7)11(12)13;1-2/h3-7,11H,2H2,1H3;2-5,10H,1H3;1-2H3/b10-6+;;. The van der Waals surface area contributed by atoms with Gasteiger partial charge in [0.2, 0.25) is 0 Å². The molecule has 0 saturated heterocycles. The second-order valence-corrected chi connectivity index (χ2v) is 5.57. The van der Waals surface area contributed by atoms with E-state index >= 15 is 0 Å². The molecule has 0 fully saturated rings. The lowest BCUT2D eigenvalue weighted by atomic mass is 10.1. The molecule has 3 rings (SSSR count). The van der Waals surface area contributed by atoms with Crippen LogP contribution in [0.2, 0.25) is 0 Å². The Labute approximate surface area is 168 Å². The monoisotopic (exact) mass is 399 g/mol. The van der Waals surface area contributed by atoms with Crippen LogP contribution in [0.25, 0.3) is 10.9 Å². The van der Waals surface area contributed by atoms with Crippen LogP contribution in [0.1, 0.15) is 32.8 Å². The topological polar surface area (TPSA) is 126 Å². The molecule has 0 saturated carbocycles. The lowest BCUT2D eigenvalue weighted by Gasteiger charge is -1.98. The molecule has 0 aliphatic heterocycles. The van der Waals surface area contributed by atoms with Crippen molar-refractivity contribution in [3.8, 4) is 0 Å². The Morgan fingerprint density at radius 3 is 2.41 bits per heavy atom. The fourth-order valence-electron chi connectivity index (χ4n) is 2.39. The minimum absolute atomic E-state index is 0.0571. The SMILES string of the molecule is CC.CC/C=N/Nc1cccc([N+](=O)[O-])c1.Cc1c[nH]c2cccc([N+](=O)[O-])c12. The third-order valence-corrected chi connectivity index (χ3v) is 3.60. The largest absolute Gasteiger partial charge is 0.361 e. The fraction of sp³-hybridized carbons (Fsp3) is 0.250. The number of hydrogen-bond acceptors (Lipinski definition) is 6. The summed E-state index contributed by atoms with van der Waals surface area (Å²) in [6.45, 7) is 7.81. The Hall–Kier alpha value is -3.75. The second kappa shape index (κ2) is 11.9. The van der Waals surface area contributed by atoms with Crippen molar-refractivity contribution in [2.24, 2.45) is 5.10 Å². The number of benzene rings is 2. The number of anilines is 1. The molecule has 1 heterocycles. The van der Waals surface area contributed by atoms with E-state index in [9.17, 15) is 20.2 Å². The lowest BCUT2D eigenvalue weighted by Crippen LogP contribution is -1.91. The van der Waals surface area contributed by atoms with Gasteiger partial charge in [-0.3, -0.25) is 25.7 Å². The smallest absolute Gasteiger partial charge is 0.279 e. The van der Waals surface area contributed by atoms with E-state index in [-0.39, 0.29) is 16.3 Å². The van der Waals surface area contributed by atoms with Crippen LogP contribution in [-0.4, -0.2) is 21.0 Å². The predicted molar refractivity (Wildman–Crippen MR) is 117 cm³/mol. The molecule has 2 N–H and O–H groups in total. The van der Waals surface area contributed by atoms with Gasteiger partial charge in [0.1, 0.15) is 0 Å². The van der Waals surface area contributed by atoms with E-state index < -0.39 is 4.92 Å². The Balaban J connectivity index is 0.000000268. The number of hydrogen-bond donors (Lipinski definition) is 2. The number of nitro benzene ring substituents is 2. The first kappa shape index (κ1) is 23.3. The van der Waals surface area contributed by atoms with Crippen LogP contribution in [-0.2, 0) is 0 Å². The van der Waals surface area contributed by atoms with Crippen LogP contribution in [0, 0.1) is 27.2 Å². The van der Waals surface area contributed by atoms with E-state index in [0.717, 1.165) is 17.5 Å². The summed E-state index contributed by atoms with van der Waals surface area (Å²) in [5, 5.41) is 25.6. The zero-order chi connectivity index (χ0) is 21.8. The molecule has 9 nitrogen and oxygen atoms in total. The van der Waals surface area contributed by atoms with Crippen molar-refractivity contribution in [2.75, 3.05) is 5.43 Å². The highest BCUT2D eigenvalue weighted by molar-refractivity contribution is 5.91. The summed E-state index contributed by atoms with van der Waals surface area (Å²) in [5.74, 6) is 0. The molecule has 0 radical (unpaired) electrons. The van der Waals surface area contributed by atoms with Gasteiger partial charge in [-0.2, -0.15) is 5.10 Å². The molecule has 0 atom stereocenters. The van der Waals surface area contributed by atoms with Crippen molar-refractivity contribution in [1.29, 1.82) is 0 Å². The highest BCUT2D eigenvalue weighted by Crippen LogP contribution is 2.27. The molecule has 0 bridgehead atoms. The lowest BCUT2D eigenvalue weighted by molar-refractivity contribution is -0.384. The maximum Gasteiger partial charge on any atom is 0.279 e. The van der Waals surface area contributed by atoms with Crippen molar-refractivity contribution in [3.63, 3.8) is 0 Å². The number of rotatable bonds is 5. The minimum Gasteiger partial charge on any atom is -0.361 e. The van der Waals surface area contributed by atoms with Crippen molar-refractivity contribution >= 4 is 34.2 Å². The summed E-state index contributed by atoms with van der Waals surface area (Å²) in [6, 6.07) is 11.2. The number of H-pyrrole nitrogens is 1. The van der Waals surface area contributed by atoms with E-state index in [1.54, 1.807) is 30.6 Å². The van der Waals surface area contributed by atoms with E-state index in [4.69, 9.17) is 0 Å². The molecule has 1 aromatic heterocycles. The number of aryl methyl sites for hydroxylation is 1. The second-order valence-electron chi connectivity index (χ2n) is 5.57. The summed E-state index contributed by atoms with van der Waals surface area (Å²) in [6.07, 6.45) is 4.29. The predicted octanol–water partition coefficient (Wildman–Crippen LogP) is 5.81.